The van der Waals surface area contributed by atoms with Crippen LogP contribution in [0.4, 0.5) is 11.4 Å². The Labute approximate surface area is 177 Å². The maximum atomic E-state index is 12.9. The summed E-state index contributed by atoms with van der Waals surface area (Å²) < 4.78 is 7.35. The molecule has 1 N–H and O–H groups in total. The first kappa shape index (κ1) is 20.0. The molecule has 156 valence electrons. The van der Waals surface area contributed by atoms with Gasteiger partial charge in [0.25, 0.3) is 11.6 Å². The molecule has 0 radical (unpaired) electrons. The quantitative estimate of drug-likeness (QED) is 0.375. The lowest BCUT2D eigenvalue weighted by molar-refractivity contribution is -0.384. The Morgan fingerprint density at radius 1 is 1.10 bits per heavy atom. The normalized spacial score (nSPS) is 10.8. The fourth-order valence-corrected chi connectivity index (χ4v) is 3.26. The van der Waals surface area contributed by atoms with E-state index < -0.39 is 10.8 Å². The van der Waals surface area contributed by atoms with Crippen molar-refractivity contribution in [1.29, 1.82) is 0 Å². The molecule has 4 aromatic rings. The van der Waals surface area contributed by atoms with Crippen molar-refractivity contribution in [2.24, 2.45) is 0 Å². The van der Waals surface area contributed by atoms with E-state index in [4.69, 9.17) is 4.74 Å². The summed E-state index contributed by atoms with van der Waals surface area (Å²) in [5.74, 6) is 0.296. The number of anilines is 1. The summed E-state index contributed by atoms with van der Waals surface area (Å²) in [4.78, 5) is 28.1. The van der Waals surface area contributed by atoms with Crippen molar-refractivity contribution in [2.45, 2.75) is 20.8 Å². The predicted molar refractivity (Wildman–Crippen MR) is 115 cm³/mol. The average Bonchev–Trinajstić information content (AvgIpc) is 3.12. The standard InChI is InChI=1S/C22H19N5O4/c1-13-5-4-6-18(7-13)31-19-10-16(9-17(11-19)27(29)30)25-22(28)20-12-23-26-15(3)8-14(2)24-21(20)26/h4-12H,1-3H3,(H,25,28). The fraction of sp³-hybridized carbons (Fsp3) is 0.136. The summed E-state index contributed by atoms with van der Waals surface area (Å²) in [5.41, 5.74) is 3.28. The van der Waals surface area contributed by atoms with E-state index in [-0.39, 0.29) is 22.7 Å². The number of rotatable bonds is 5. The highest BCUT2D eigenvalue weighted by Gasteiger charge is 2.18. The molecule has 9 heteroatoms. The van der Waals surface area contributed by atoms with Crippen LogP contribution in [-0.2, 0) is 0 Å². The number of non-ortho nitro benzene ring substituents is 1. The van der Waals surface area contributed by atoms with Crippen LogP contribution >= 0.6 is 0 Å². The molecule has 0 saturated heterocycles. The van der Waals surface area contributed by atoms with Crippen molar-refractivity contribution in [1.82, 2.24) is 14.6 Å². The van der Waals surface area contributed by atoms with Crippen LogP contribution in [0.3, 0.4) is 0 Å². The molecular formula is C22H19N5O4. The van der Waals surface area contributed by atoms with Crippen molar-refractivity contribution < 1.29 is 14.5 Å². The second kappa shape index (κ2) is 7.86. The van der Waals surface area contributed by atoms with E-state index in [9.17, 15) is 14.9 Å². The van der Waals surface area contributed by atoms with E-state index in [0.717, 1.165) is 17.0 Å². The summed E-state index contributed by atoms with van der Waals surface area (Å²) in [6, 6.07) is 13.3. The molecule has 4 rings (SSSR count). The number of amides is 1. The molecule has 2 aromatic carbocycles. The molecule has 0 aliphatic carbocycles. The number of carbonyl (C=O) groups is 1. The van der Waals surface area contributed by atoms with E-state index in [2.05, 4.69) is 15.4 Å². The average molecular weight is 417 g/mol. The highest BCUT2D eigenvalue weighted by molar-refractivity contribution is 6.08. The smallest absolute Gasteiger partial charge is 0.275 e. The van der Waals surface area contributed by atoms with Gasteiger partial charge >= 0.3 is 0 Å². The number of nitrogens with one attached hydrogen (secondary N) is 1. The first-order chi connectivity index (χ1) is 14.8. The molecular weight excluding hydrogens is 398 g/mol. The van der Waals surface area contributed by atoms with Gasteiger partial charge in [0.15, 0.2) is 5.65 Å². The second-order valence-corrected chi connectivity index (χ2v) is 7.18. The lowest BCUT2D eigenvalue weighted by Crippen LogP contribution is -2.12. The molecule has 2 aromatic heterocycles. The number of carbonyl (C=O) groups excluding carboxylic acids is 1. The molecule has 0 spiro atoms. The lowest BCUT2D eigenvalue weighted by atomic mass is 10.2. The molecule has 1 amide bonds. The van der Waals surface area contributed by atoms with Crippen molar-refractivity contribution in [3.8, 4) is 11.5 Å². The molecule has 31 heavy (non-hydrogen) atoms. The predicted octanol–water partition coefficient (Wildman–Crippen LogP) is 4.61. The van der Waals surface area contributed by atoms with Crippen LogP contribution in [0.1, 0.15) is 27.3 Å². The molecule has 0 aliphatic heterocycles. The van der Waals surface area contributed by atoms with Crippen LogP contribution < -0.4 is 10.1 Å². The number of aromatic nitrogens is 3. The third-order valence-electron chi connectivity index (χ3n) is 4.61. The van der Waals surface area contributed by atoms with Gasteiger partial charge in [0.2, 0.25) is 0 Å². The highest BCUT2D eigenvalue weighted by atomic mass is 16.6. The van der Waals surface area contributed by atoms with Crippen molar-refractivity contribution in [2.75, 3.05) is 5.32 Å². The maximum Gasteiger partial charge on any atom is 0.275 e. The minimum atomic E-state index is -0.539. The molecule has 2 heterocycles. The lowest BCUT2D eigenvalue weighted by Gasteiger charge is -2.10. The van der Waals surface area contributed by atoms with E-state index in [1.165, 1.54) is 24.4 Å². The number of nitro benzene ring substituents is 1. The number of hydrogen-bond donors (Lipinski definition) is 1. The zero-order valence-electron chi connectivity index (χ0n) is 17.1. The molecule has 0 fully saturated rings. The van der Waals surface area contributed by atoms with E-state index in [1.807, 2.05) is 45.0 Å². The zero-order valence-corrected chi connectivity index (χ0v) is 17.1. The number of hydrogen-bond acceptors (Lipinski definition) is 6. The summed E-state index contributed by atoms with van der Waals surface area (Å²) in [6.07, 6.45) is 1.42. The monoisotopic (exact) mass is 417 g/mol. The largest absolute Gasteiger partial charge is 0.457 e. The van der Waals surface area contributed by atoms with Crippen LogP contribution in [-0.4, -0.2) is 25.4 Å². The van der Waals surface area contributed by atoms with Gasteiger partial charge in [0.1, 0.15) is 17.1 Å². The maximum absolute atomic E-state index is 12.9. The van der Waals surface area contributed by atoms with Crippen LogP contribution in [0, 0.1) is 30.9 Å². The number of ether oxygens (including phenoxy) is 1. The summed E-state index contributed by atoms with van der Waals surface area (Å²) >= 11 is 0. The Bertz CT molecular complexity index is 1330. The Balaban J connectivity index is 1.67. The number of aryl methyl sites for hydroxylation is 3. The minimum absolute atomic E-state index is 0.204. The number of nitro groups is 1. The molecule has 0 saturated carbocycles. The van der Waals surface area contributed by atoms with Gasteiger partial charge in [0, 0.05) is 23.5 Å². The van der Waals surface area contributed by atoms with Crippen molar-refractivity contribution in [3.63, 3.8) is 0 Å². The second-order valence-electron chi connectivity index (χ2n) is 7.18. The fourth-order valence-electron chi connectivity index (χ4n) is 3.26. The SMILES string of the molecule is Cc1cccc(Oc2cc(NC(=O)c3cnn4c(C)cc(C)nc34)cc([N+](=O)[O-])c2)c1. The van der Waals surface area contributed by atoms with Gasteiger partial charge in [-0.1, -0.05) is 12.1 Å². The van der Waals surface area contributed by atoms with E-state index in [0.29, 0.717) is 11.4 Å². The molecule has 0 atom stereocenters. The summed E-state index contributed by atoms with van der Waals surface area (Å²) in [6.45, 7) is 5.61. The van der Waals surface area contributed by atoms with Gasteiger partial charge in [-0.2, -0.15) is 5.10 Å². The number of fused-ring (bicyclic) bond motifs is 1. The van der Waals surface area contributed by atoms with Crippen LogP contribution in [0.15, 0.2) is 54.7 Å². The Hall–Kier alpha value is -4.27. The van der Waals surface area contributed by atoms with Gasteiger partial charge in [0.05, 0.1) is 22.9 Å². The van der Waals surface area contributed by atoms with Crippen molar-refractivity contribution >= 4 is 22.9 Å². The molecule has 0 unspecified atom stereocenters. The Morgan fingerprint density at radius 2 is 1.90 bits per heavy atom. The first-order valence-electron chi connectivity index (χ1n) is 9.47. The van der Waals surface area contributed by atoms with Crippen LogP contribution in [0.5, 0.6) is 11.5 Å². The van der Waals surface area contributed by atoms with E-state index >= 15 is 0 Å². The topological polar surface area (TPSA) is 112 Å². The molecule has 0 bridgehead atoms. The molecule has 9 nitrogen and oxygen atoms in total. The minimum Gasteiger partial charge on any atom is -0.457 e. The van der Waals surface area contributed by atoms with Gasteiger partial charge in [-0.15, -0.1) is 0 Å². The van der Waals surface area contributed by atoms with Gasteiger partial charge in [-0.25, -0.2) is 9.50 Å². The third-order valence-corrected chi connectivity index (χ3v) is 4.61. The zero-order chi connectivity index (χ0) is 22.1. The highest BCUT2D eigenvalue weighted by Crippen LogP contribution is 2.30. The van der Waals surface area contributed by atoms with E-state index in [1.54, 1.807) is 10.6 Å². The van der Waals surface area contributed by atoms with Gasteiger partial charge < -0.3 is 10.1 Å². The van der Waals surface area contributed by atoms with Crippen molar-refractivity contribution in [3.05, 3.63) is 87.4 Å². The van der Waals surface area contributed by atoms with Gasteiger partial charge in [-0.05, 0) is 44.5 Å². The summed E-state index contributed by atoms with van der Waals surface area (Å²) in [7, 11) is 0. The van der Waals surface area contributed by atoms with Gasteiger partial charge in [-0.3, -0.25) is 14.9 Å². The van der Waals surface area contributed by atoms with Crippen LogP contribution in [0.2, 0.25) is 0 Å². The third kappa shape index (κ3) is 4.20. The Kier molecular flexibility index (Phi) is 5.08. The van der Waals surface area contributed by atoms with Crippen LogP contribution in [0.25, 0.3) is 5.65 Å². The first-order valence-corrected chi connectivity index (χ1v) is 9.47. The Morgan fingerprint density at radius 3 is 2.65 bits per heavy atom. The number of benzene rings is 2. The number of nitrogens with zero attached hydrogens (tertiary/aromatic N) is 4. The molecule has 0 aliphatic rings. The summed E-state index contributed by atoms with van der Waals surface area (Å²) in [5, 5.41) is 18.3.